The molecule has 0 saturated carbocycles. The van der Waals surface area contributed by atoms with Gasteiger partial charge in [0.05, 0.1) is 55.7 Å². The Bertz CT molecular complexity index is 4240. The van der Waals surface area contributed by atoms with Gasteiger partial charge in [-0.1, -0.05) is 35.4 Å². The van der Waals surface area contributed by atoms with E-state index < -0.39 is 45.6 Å². The number of benzene rings is 5. The summed E-state index contributed by atoms with van der Waals surface area (Å²) in [7, 11) is -0.839. The zero-order valence-corrected chi connectivity index (χ0v) is 53.0. The normalized spacial score (nSPS) is 18.3. The maximum absolute atomic E-state index is 17.3. The second-order valence-corrected chi connectivity index (χ2v) is 25.3. The maximum atomic E-state index is 17.3. The van der Waals surface area contributed by atoms with Crippen molar-refractivity contribution in [3.63, 3.8) is 0 Å². The fourth-order valence-electron chi connectivity index (χ4n) is 13.2. The van der Waals surface area contributed by atoms with Crippen LogP contribution in [0.1, 0.15) is 85.6 Å². The number of carboxylic acid groups (broad SMARTS) is 1. The smallest absolute Gasteiger partial charge is 0.319 e. The first-order valence-corrected chi connectivity index (χ1v) is 31.2. The van der Waals surface area contributed by atoms with Crippen molar-refractivity contribution in [1.29, 1.82) is 0 Å². The van der Waals surface area contributed by atoms with Crippen molar-refractivity contribution in [2.45, 2.75) is 87.8 Å². The zero-order chi connectivity index (χ0) is 62.3. The number of phenolic OH excluding ortho intramolecular Hbond substituents is 1. The van der Waals surface area contributed by atoms with Gasteiger partial charge < -0.3 is 44.1 Å². The zero-order valence-electron chi connectivity index (χ0n) is 50.1. The van der Waals surface area contributed by atoms with Crippen LogP contribution in [0.25, 0.3) is 44.0 Å². The number of anilines is 1. The molecule has 25 heteroatoms. The van der Waals surface area contributed by atoms with Gasteiger partial charge in [0.15, 0.2) is 5.82 Å². The topological polar surface area (TPSA) is 246 Å². The van der Waals surface area contributed by atoms with Crippen LogP contribution in [0.4, 0.5) is 14.6 Å². The second kappa shape index (κ2) is 25.4. The Labute approximate surface area is 512 Å². The Hall–Kier alpha value is -9.76. The van der Waals surface area contributed by atoms with Gasteiger partial charge in [0, 0.05) is 62.4 Å². The van der Waals surface area contributed by atoms with Gasteiger partial charge >= 0.3 is 12.0 Å². The molecule has 0 aliphatic carbocycles. The van der Waals surface area contributed by atoms with E-state index in [1.165, 1.54) is 47.9 Å². The van der Waals surface area contributed by atoms with Crippen LogP contribution in [0, 0.1) is 36.8 Å². The third kappa shape index (κ3) is 12.0. The molecule has 3 saturated heterocycles. The Morgan fingerprint density at radius 3 is 2.54 bits per heavy atom. The number of aromatic nitrogens is 6. The number of carboxylic acids is 1. The van der Waals surface area contributed by atoms with Gasteiger partial charge in [-0.05, 0) is 136 Å². The minimum atomic E-state index is -4.11. The monoisotopic (exact) mass is 1500 g/mol. The van der Waals surface area contributed by atoms with E-state index >= 15 is 8.78 Å². The van der Waals surface area contributed by atoms with Crippen molar-refractivity contribution in [3.05, 3.63) is 118 Å². The second-order valence-electron chi connectivity index (χ2n) is 23.4. The summed E-state index contributed by atoms with van der Waals surface area (Å²) in [5.41, 5.74) is 3.62. The van der Waals surface area contributed by atoms with Crippen LogP contribution >= 0.6 is 0 Å². The molecule has 12 rings (SSSR count). The molecule has 7 heterocycles. The number of carbonyl (C=O) groups excluding carboxylic acids is 1. The van der Waals surface area contributed by atoms with Crippen molar-refractivity contribution in [2.75, 3.05) is 77.7 Å². The first kappa shape index (κ1) is 61.9. The van der Waals surface area contributed by atoms with Crippen molar-refractivity contribution in [3.8, 4) is 52.6 Å². The molecule has 4 aliphatic heterocycles. The van der Waals surface area contributed by atoms with Gasteiger partial charge in [-0.15, -0.1) is 11.5 Å². The summed E-state index contributed by atoms with van der Waals surface area (Å²) in [5.74, 6) is -0.263. The van der Waals surface area contributed by atoms with Gasteiger partial charge in [-0.2, -0.15) is 14.3 Å². The number of aromatic hydroxyl groups is 1. The van der Waals surface area contributed by atoms with Gasteiger partial charge in [-0.3, -0.25) is 19.5 Å². The molecule has 1 radical (unpaired) electrons. The number of piperidine rings is 1. The van der Waals surface area contributed by atoms with E-state index in [0.29, 0.717) is 76.4 Å². The van der Waals surface area contributed by atoms with Crippen LogP contribution in [0.15, 0.2) is 83.9 Å². The number of pyridine rings is 1. The predicted octanol–water partition coefficient (Wildman–Crippen LogP) is 8.42. The number of nitrogens with one attached hydrogen (secondary N) is 1. The summed E-state index contributed by atoms with van der Waals surface area (Å²) in [4.78, 5) is 44.5. The van der Waals surface area contributed by atoms with Crippen LogP contribution in [0.2, 0.25) is 0 Å². The number of terminal acetylenes is 1. The first-order valence-electron chi connectivity index (χ1n) is 29.8. The van der Waals surface area contributed by atoms with Crippen LogP contribution in [-0.2, 0) is 37.9 Å². The number of nitrogens with zero attached hydrogens (tertiary/aromatic N) is 9. The molecule has 90 heavy (non-hydrogen) atoms. The van der Waals surface area contributed by atoms with Crippen LogP contribution < -0.4 is 29.2 Å². The quantitative estimate of drug-likeness (QED) is 0.0479. The molecule has 4 aliphatic rings. The Morgan fingerprint density at radius 1 is 0.956 bits per heavy atom. The summed E-state index contributed by atoms with van der Waals surface area (Å²) in [5, 5.41) is 33.1. The minimum absolute atomic E-state index is 0. The number of hydrogen-bond donors (Lipinski definition) is 3. The number of aliphatic carboxylic acids is 1. The van der Waals surface area contributed by atoms with Crippen LogP contribution in [0.5, 0.6) is 29.0 Å². The molecule has 0 bridgehead atoms. The van der Waals surface area contributed by atoms with E-state index in [2.05, 4.69) is 36.4 Å². The number of amides is 1. The van der Waals surface area contributed by atoms with E-state index in [0.717, 1.165) is 44.3 Å². The van der Waals surface area contributed by atoms with E-state index in [1.807, 2.05) is 30.0 Å². The predicted molar refractivity (Wildman–Crippen MR) is 327 cm³/mol. The van der Waals surface area contributed by atoms with Crippen molar-refractivity contribution in [1.82, 2.24) is 44.5 Å². The summed E-state index contributed by atoms with van der Waals surface area (Å²) >= 11 is 0. The third-order valence-corrected chi connectivity index (χ3v) is 19.5. The average molecular weight is 1500 g/mol. The molecule has 479 valence electrons. The fraction of sp³-hybridized carbons (Fsp3) is 0.400. The van der Waals surface area contributed by atoms with E-state index in [-0.39, 0.29) is 119 Å². The average Bonchev–Trinajstić information content (AvgIpc) is 1.15. The van der Waals surface area contributed by atoms with Gasteiger partial charge in [0.2, 0.25) is 15.9 Å². The summed E-state index contributed by atoms with van der Waals surface area (Å²) in [6.45, 7) is 7.37. The standard InChI is InChI=1S/C65H68F2N10O11S.Lr/c1-6-47-51(66)15-13-41-27-45(78)30-49(57(41)47)59-58(67)60-50(33-69-59)62(71-64(70-60)87-37-65-17-8-21-76(65)22-9-18-65)75-20-7-10-42(35-75)63(81)68-19-23-85-24-25-86-46-14-16-55-53(31-46)88-39(3)34-77(89(55,82)83)36-44-26-40(12-11-38(44)2)48(32-56(79)80)43-28-52-61(54(29-43)84-5)74(4)73-72-52;/h1,11-16,26-31,33,39,42,48,78H,7-10,17-25,32,34-37H2,2-5H3,(H,68,81)(H,79,80);/t39-,42?,48?;/m1./s1. The number of halogens is 2. The molecule has 8 aromatic rings. The number of rotatable bonds is 20. The molecule has 21 nitrogen and oxygen atoms in total. The number of hydrogen-bond acceptors (Lipinski definition) is 17. The molecule has 1 amide bonds. The number of methoxy groups -OCH3 is 1. The molecule has 5 aromatic carbocycles. The Morgan fingerprint density at radius 2 is 1.77 bits per heavy atom. The number of phenols is 1. The number of ether oxygens (including phenoxy) is 5. The molecule has 3 aromatic heterocycles. The SMILES string of the molecule is C#Cc1c(F)ccc2cc(O)cc(-c3ncc4c(N5CCCC(C(=O)NCCOCCOc6ccc7c(c6)O[C@H](C)CN(Cc6cc(C(CC(=O)O)c8cc(OC)c9c(c8)nnn9C)ccc6C)S7(=O)=O)C5)nc(OCC56CCCN5CCC6)nc4c3F)c12.[Lr]. The molecule has 0 spiro atoms. The van der Waals surface area contributed by atoms with Crippen molar-refractivity contribution >= 4 is 60.4 Å². The summed E-state index contributed by atoms with van der Waals surface area (Å²) in [6, 6.07) is 19.1. The molecular weight excluding hydrogens is 1430 g/mol. The van der Waals surface area contributed by atoms with E-state index in [4.69, 9.17) is 35.1 Å². The molecule has 3 fully saturated rings. The molecule has 3 N–H and O–H groups in total. The van der Waals surface area contributed by atoms with Crippen LogP contribution in [-0.4, -0.2) is 154 Å². The fourth-order valence-corrected chi connectivity index (χ4v) is 14.8. The Balaban J connectivity index is 0.00000833. The first-order chi connectivity index (χ1) is 42.9. The number of sulfonamides is 1. The number of aryl methyl sites for hydroxylation is 2. The minimum Gasteiger partial charge on any atom is -0.508 e. The van der Waals surface area contributed by atoms with E-state index in [1.54, 1.807) is 42.9 Å². The van der Waals surface area contributed by atoms with Crippen LogP contribution in [0.3, 0.4) is 0 Å². The molecular formula is C65H68F2LrN10O11S. The third-order valence-electron chi connectivity index (χ3n) is 17.6. The van der Waals surface area contributed by atoms with Gasteiger partial charge in [0.25, 0.3) is 0 Å². The molecule has 3 atom stereocenters. The number of carbonyl (C=O) groups is 2. The van der Waals surface area contributed by atoms with E-state index in [9.17, 15) is 28.2 Å². The summed E-state index contributed by atoms with van der Waals surface area (Å²) < 4.78 is 94.4. The molecule has 2 unspecified atom stereocenters. The van der Waals surface area contributed by atoms with Gasteiger partial charge in [-0.25, -0.2) is 21.9 Å². The number of fused-ring (bicyclic) bond motifs is 5. The maximum Gasteiger partial charge on any atom is 0.319 e. The summed E-state index contributed by atoms with van der Waals surface area (Å²) in [6.07, 6.45) is 11.7. The van der Waals surface area contributed by atoms with Crippen molar-refractivity contribution < 1.29 is 60.7 Å². The Kier molecular flexibility index (Phi) is 17.4. The largest absolute Gasteiger partial charge is 0.508 e. The van der Waals surface area contributed by atoms with Crippen molar-refractivity contribution in [2.24, 2.45) is 13.0 Å². The van der Waals surface area contributed by atoms with Gasteiger partial charge in [0.1, 0.15) is 81.1 Å².